The summed E-state index contributed by atoms with van der Waals surface area (Å²) in [6.45, 7) is 7.78. The maximum atomic E-state index is 14.5. The minimum absolute atomic E-state index is 0.0125. The van der Waals surface area contributed by atoms with Gasteiger partial charge in [-0.15, -0.1) is 5.10 Å². The number of hydrogen-bond donors (Lipinski definition) is 2. The van der Waals surface area contributed by atoms with Gasteiger partial charge in [-0.25, -0.2) is 9.97 Å². The van der Waals surface area contributed by atoms with E-state index in [1.54, 1.807) is 28.7 Å². The van der Waals surface area contributed by atoms with E-state index in [0.29, 0.717) is 36.2 Å². The highest BCUT2D eigenvalue weighted by atomic mass is 35.5. The van der Waals surface area contributed by atoms with E-state index in [4.69, 9.17) is 16.6 Å². The predicted octanol–water partition coefficient (Wildman–Crippen LogP) is 5.87. The van der Waals surface area contributed by atoms with Crippen molar-refractivity contribution in [3.05, 3.63) is 92.0 Å². The Labute approximate surface area is 305 Å². The molecule has 2 N–H and O–H groups in total. The molecule has 1 aliphatic carbocycles. The van der Waals surface area contributed by atoms with E-state index in [2.05, 4.69) is 25.4 Å². The number of piperidine rings is 1. The van der Waals surface area contributed by atoms with E-state index in [1.165, 1.54) is 10.8 Å². The molecule has 1 spiro atoms. The molecule has 1 fully saturated rings. The summed E-state index contributed by atoms with van der Waals surface area (Å²) in [5.41, 5.74) is 0.603. The van der Waals surface area contributed by atoms with Crippen LogP contribution in [0.1, 0.15) is 90.4 Å². The van der Waals surface area contributed by atoms with Crippen LogP contribution in [0, 0.1) is 6.92 Å². The Hall–Kier alpha value is -5.38. The van der Waals surface area contributed by atoms with Crippen LogP contribution in [-0.4, -0.2) is 69.0 Å². The number of benzene rings is 1. The second kappa shape index (κ2) is 13.2. The number of anilines is 1. The standard InChI is InChI=1S/C36H35ClF3N9O4/c1-18(2)21-5-7-25(41-15-21)31-45-34-48(16-26(50)44-24-8-6-22(13-23(24)37)36(38,39)40)29-19(3)14-35(27(29)32(52)49(34)46-31)9-11-47(12-10-35)33(53)28-30(51)20(4)42-17-43-28/h5-8,13,15,17-19,51H,9-12,14,16H2,1-4H3,(H,44,50). The second-order valence-corrected chi connectivity index (χ2v) is 14.4. The fourth-order valence-electron chi connectivity index (χ4n) is 7.50. The van der Waals surface area contributed by atoms with Gasteiger partial charge in [0.05, 0.1) is 22.0 Å². The summed E-state index contributed by atoms with van der Waals surface area (Å²) in [4.78, 5) is 60.3. The summed E-state index contributed by atoms with van der Waals surface area (Å²) in [6, 6.07) is 6.33. The number of pyridine rings is 1. The monoisotopic (exact) mass is 749 g/mol. The van der Waals surface area contributed by atoms with Crippen molar-refractivity contribution >= 4 is 34.9 Å². The molecular formula is C36H35ClF3N9O4. The zero-order chi connectivity index (χ0) is 38.0. The van der Waals surface area contributed by atoms with Crippen molar-refractivity contribution in [3.8, 4) is 17.3 Å². The van der Waals surface area contributed by atoms with Crippen LogP contribution in [0.5, 0.6) is 5.75 Å². The first-order valence-corrected chi connectivity index (χ1v) is 17.4. The number of carbonyl (C=O) groups is 2. The zero-order valence-corrected chi connectivity index (χ0v) is 30.0. The van der Waals surface area contributed by atoms with Crippen LogP contribution in [0.25, 0.3) is 17.3 Å². The Morgan fingerprint density at radius 3 is 2.49 bits per heavy atom. The zero-order valence-electron chi connectivity index (χ0n) is 29.2. The fourth-order valence-corrected chi connectivity index (χ4v) is 7.73. The van der Waals surface area contributed by atoms with Crippen LogP contribution < -0.4 is 10.9 Å². The summed E-state index contributed by atoms with van der Waals surface area (Å²) in [7, 11) is 0. The first-order valence-electron chi connectivity index (χ1n) is 17.0. The normalized spacial score (nSPS) is 16.8. The first kappa shape index (κ1) is 36.0. The average Bonchev–Trinajstić information content (AvgIpc) is 3.68. The summed E-state index contributed by atoms with van der Waals surface area (Å²) in [6.07, 6.45) is -0.312. The van der Waals surface area contributed by atoms with Crippen molar-refractivity contribution in [2.75, 3.05) is 18.4 Å². The number of halogens is 4. The largest absolute Gasteiger partial charge is 0.504 e. The van der Waals surface area contributed by atoms with Crippen LogP contribution in [0.2, 0.25) is 5.02 Å². The summed E-state index contributed by atoms with van der Waals surface area (Å²) < 4.78 is 42.6. The minimum Gasteiger partial charge on any atom is -0.504 e. The Morgan fingerprint density at radius 1 is 1.11 bits per heavy atom. The number of aromatic nitrogens is 7. The lowest BCUT2D eigenvalue weighted by Gasteiger charge is -2.39. The Kier molecular flexibility index (Phi) is 8.99. The molecule has 4 aromatic heterocycles. The van der Waals surface area contributed by atoms with Crippen molar-refractivity contribution < 1.29 is 27.9 Å². The van der Waals surface area contributed by atoms with Gasteiger partial charge < -0.3 is 19.9 Å². The highest BCUT2D eigenvalue weighted by Gasteiger charge is 2.49. The van der Waals surface area contributed by atoms with Crippen LogP contribution in [0.15, 0.2) is 47.7 Å². The molecule has 53 heavy (non-hydrogen) atoms. The van der Waals surface area contributed by atoms with Gasteiger partial charge >= 0.3 is 6.18 Å². The van der Waals surface area contributed by atoms with Crippen LogP contribution in [0.3, 0.4) is 0 Å². The molecule has 1 aliphatic heterocycles. The van der Waals surface area contributed by atoms with Gasteiger partial charge in [-0.2, -0.15) is 22.7 Å². The second-order valence-electron chi connectivity index (χ2n) is 14.0. The third-order valence-corrected chi connectivity index (χ3v) is 10.6. The molecule has 0 radical (unpaired) electrons. The number of carbonyl (C=O) groups excluding carboxylic acids is 2. The van der Waals surface area contributed by atoms with Crippen molar-refractivity contribution in [3.63, 3.8) is 0 Å². The van der Waals surface area contributed by atoms with Gasteiger partial charge in [0.15, 0.2) is 11.4 Å². The van der Waals surface area contributed by atoms with Gasteiger partial charge in [0.2, 0.25) is 17.5 Å². The van der Waals surface area contributed by atoms with Crippen LogP contribution in [-0.2, 0) is 22.9 Å². The molecule has 2 aliphatic rings. The molecule has 1 saturated heterocycles. The molecule has 17 heteroatoms. The van der Waals surface area contributed by atoms with Crippen molar-refractivity contribution in [1.29, 1.82) is 0 Å². The van der Waals surface area contributed by atoms with E-state index in [9.17, 15) is 32.7 Å². The van der Waals surface area contributed by atoms with E-state index in [-0.39, 0.29) is 70.9 Å². The molecule has 1 atom stereocenters. The topological polar surface area (TPSA) is 160 Å². The SMILES string of the molecule is Cc1ncnc(C(=O)N2CCC3(CC2)CC(C)c2c3c(=O)n3nc(-c4ccc(C(C)C)cn4)nc3n2CC(=O)Nc2ccc(C(F)(F)F)cc2Cl)c1O. The van der Waals surface area contributed by atoms with Crippen molar-refractivity contribution in [2.24, 2.45) is 0 Å². The van der Waals surface area contributed by atoms with Crippen molar-refractivity contribution in [2.45, 2.75) is 76.9 Å². The molecule has 1 aromatic carbocycles. The van der Waals surface area contributed by atoms with E-state index < -0.39 is 34.5 Å². The average molecular weight is 750 g/mol. The number of likely N-dealkylation sites (tertiary alicyclic amines) is 1. The highest BCUT2D eigenvalue weighted by Crippen LogP contribution is 2.50. The number of nitrogens with zero attached hydrogens (tertiary/aromatic N) is 8. The summed E-state index contributed by atoms with van der Waals surface area (Å²) in [5, 5.41) is 17.4. The molecule has 5 aromatic rings. The number of aryl methyl sites for hydroxylation is 1. The highest BCUT2D eigenvalue weighted by molar-refractivity contribution is 6.33. The Balaban J connectivity index is 1.28. The quantitative estimate of drug-likeness (QED) is 0.216. The lowest BCUT2D eigenvalue weighted by atomic mass is 9.73. The van der Waals surface area contributed by atoms with Gasteiger partial charge in [-0.05, 0) is 67.9 Å². The molecule has 5 heterocycles. The molecule has 7 rings (SSSR count). The van der Waals surface area contributed by atoms with Gasteiger partial charge in [-0.3, -0.25) is 19.4 Å². The molecule has 0 bridgehead atoms. The number of hydrogen-bond acceptors (Lipinski definition) is 9. The maximum absolute atomic E-state index is 14.5. The maximum Gasteiger partial charge on any atom is 0.416 e. The van der Waals surface area contributed by atoms with E-state index >= 15 is 0 Å². The fraction of sp³-hybridized carbons (Fsp3) is 0.389. The molecule has 276 valence electrons. The lowest BCUT2D eigenvalue weighted by molar-refractivity contribution is -0.137. The molecule has 1 unspecified atom stereocenters. The number of alkyl halides is 3. The van der Waals surface area contributed by atoms with E-state index in [1.807, 2.05) is 26.8 Å². The number of nitrogens with one attached hydrogen (secondary N) is 1. The smallest absolute Gasteiger partial charge is 0.416 e. The molecular weight excluding hydrogens is 715 g/mol. The van der Waals surface area contributed by atoms with Gasteiger partial charge in [-0.1, -0.05) is 38.4 Å². The van der Waals surface area contributed by atoms with Gasteiger partial charge in [0, 0.05) is 36.0 Å². The summed E-state index contributed by atoms with van der Waals surface area (Å²) in [5.74, 6) is -1.08. The van der Waals surface area contributed by atoms with Gasteiger partial charge in [0.1, 0.15) is 18.6 Å². The first-order chi connectivity index (χ1) is 25.1. The Morgan fingerprint density at radius 2 is 1.85 bits per heavy atom. The molecule has 0 saturated carbocycles. The summed E-state index contributed by atoms with van der Waals surface area (Å²) >= 11 is 6.16. The number of aromatic hydroxyl groups is 1. The van der Waals surface area contributed by atoms with Gasteiger partial charge in [0.25, 0.3) is 11.5 Å². The molecule has 2 amide bonds. The van der Waals surface area contributed by atoms with Crippen molar-refractivity contribution in [1.82, 2.24) is 39.0 Å². The third-order valence-electron chi connectivity index (χ3n) is 10.2. The Bertz CT molecular complexity index is 2330. The van der Waals surface area contributed by atoms with Crippen LogP contribution in [0.4, 0.5) is 18.9 Å². The minimum atomic E-state index is -4.62. The lowest BCUT2D eigenvalue weighted by Crippen LogP contribution is -2.46. The third kappa shape index (κ3) is 6.38. The van der Waals surface area contributed by atoms with Crippen LogP contribution >= 0.6 is 11.6 Å². The number of fused-ring (bicyclic) bond motifs is 3. The number of rotatable bonds is 6. The predicted molar refractivity (Wildman–Crippen MR) is 188 cm³/mol. The number of amides is 2. The van der Waals surface area contributed by atoms with E-state index in [0.717, 1.165) is 23.8 Å². The molecule has 13 nitrogen and oxygen atoms in total.